The SMILES string of the molecule is COc1ccc(S(=N)(=O)C(F)(F)F)cc1. The zero-order valence-corrected chi connectivity index (χ0v) is 8.48. The summed E-state index contributed by atoms with van der Waals surface area (Å²) in [5.41, 5.74) is -5.05. The number of benzene rings is 1. The van der Waals surface area contributed by atoms with Gasteiger partial charge in [-0.05, 0) is 24.3 Å². The van der Waals surface area contributed by atoms with E-state index >= 15 is 0 Å². The van der Waals surface area contributed by atoms with E-state index in [0.29, 0.717) is 5.75 Å². The molecule has 1 aromatic rings. The third kappa shape index (κ3) is 2.23. The van der Waals surface area contributed by atoms with Gasteiger partial charge < -0.3 is 4.74 Å². The highest BCUT2D eigenvalue weighted by Gasteiger charge is 2.43. The van der Waals surface area contributed by atoms with Gasteiger partial charge in [0, 0.05) is 0 Å². The van der Waals surface area contributed by atoms with Crippen LogP contribution >= 0.6 is 0 Å². The Morgan fingerprint density at radius 3 is 2.07 bits per heavy atom. The summed E-state index contributed by atoms with van der Waals surface area (Å²) in [7, 11) is -3.40. The molecule has 0 aliphatic rings. The van der Waals surface area contributed by atoms with Gasteiger partial charge in [-0.3, -0.25) is 0 Å². The molecule has 15 heavy (non-hydrogen) atoms. The molecule has 0 aliphatic heterocycles. The van der Waals surface area contributed by atoms with E-state index in [4.69, 9.17) is 9.52 Å². The minimum Gasteiger partial charge on any atom is -0.497 e. The third-order valence-electron chi connectivity index (χ3n) is 1.72. The standard InChI is InChI=1S/C8H8F3NO2S/c1-14-6-2-4-7(5-3-6)15(12,13)8(9,10)11/h2-5,12H,1H3. The highest BCUT2D eigenvalue weighted by Crippen LogP contribution is 2.31. The van der Waals surface area contributed by atoms with Crippen molar-refractivity contribution in [3.8, 4) is 5.75 Å². The van der Waals surface area contributed by atoms with Gasteiger partial charge in [0.25, 0.3) is 0 Å². The lowest BCUT2D eigenvalue weighted by Gasteiger charge is -2.11. The van der Waals surface area contributed by atoms with Crippen LogP contribution in [0.2, 0.25) is 0 Å². The molecule has 0 heterocycles. The second kappa shape index (κ2) is 3.73. The number of rotatable bonds is 2. The molecule has 1 atom stereocenters. The second-order valence-corrected chi connectivity index (χ2v) is 4.72. The molecule has 0 radical (unpaired) electrons. The lowest BCUT2D eigenvalue weighted by molar-refractivity contribution is -0.0406. The van der Waals surface area contributed by atoms with Gasteiger partial charge in [0.1, 0.15) is 5.75 Å². The molecule has 0 bridgehead atoms. The summed E-state index contributed by atoms with van der Waals surface area (Å²) in [6.45, 7) is 0. The number of ether oxygens (including phenoxy) is 1. The van der Waals surface area contributed by atoms with Gasteiger partial charge in [-0.25, -0.2) is 8.99 Å². The summed E-state index contributed by atoms with van der Waals surface area (Å²) in [6.07, 6.45) is 0. The van der Waals surface area contributed by atoms with E-state index in [1.54, 1.807) is 0 Å². The van der Waals surface area contributed by atoms with Crippen LogP contribution in [-0.2, 0) is 9.73 Å². The molecular formula is C8H8F3NO2S. The third-order valence-corrected chi connectivity index (χ3v) is 3.31. The first kappa shape index (κ1) is 11.8. The lowest BCUT2D eigenvalue weighted by Crippen LogP contribution is -2.21. The van der Waals surface area contributed by atoms with E-state index in [1.807, 2.05) is 0 Å². The first-order chi connectivity index (χ1) is 6.79. The average Bonchev–Trinajstić information content (AvgIpc) is 2.16. The molecule has 0 spiro atoms. The van der Waals surface area contributed by atoms with E-state index < -0.39 is 20.1 Å². The average molecular weight is 239 g/mol. The van der Waals surface area contributed by atoms with Gasteiger partial charge in [0.15, 0.2) is 9.73 Å². The Labute approximate surface area is 84.8 Å². The Morgan fingerprint density at radius 1 is 1.27 bits per heavy atom. The van der Waals surface area contributed by atoms with Crippen LogP contribution in [0.5, 0.6) is 5.75 Å². The molecule has 0 amide bonds. The van der Waals surface area contributed by atoms with Crippen LogP contribution in [0.3, 0.4) is 0 Å². The highest BCUT2D eigenvalue weighted by molar-refractivity contribution is 7.93. The normalized spacial score (nSPS) is 15.7. The molecule has 1 N–H and O–H groups in total. The highest BCUT2D eigenvalue weighted by atomic mass is 32.2. The van der Waals surface area contributed by atoms with Gasteiger partial charge in [0.05, 0.1) is 12.0 Å². The fourth-order valence-electron chi connectivity index (χ4n) is 0.901. The molecule has 1 rings (SSSR count). The van der Waals surface area contributed by atoms with Gasteiger partial charge >= 0.3 is 5.51 Å². The topological polar surface area (TPSA) is 50.1 Å². The van der Waals surface area contributed by atoms with Crippen LogP contribution in [-0.4, -0.2) is 16.8 Å². The minimum absolute atomic E-state index is 0.344. The van der Waals surface area contributed by atoms with E-state index in [-0.39, 0.29) is 0 Å². The number of halogens is 3. The predicted molar refractivity (Wildman–Crippen MR) is 48.2 cm³/mol. The largest absolute Gasteiger partial charge is 0.497 e. The van der Waals surface area contributed by atoms with Crippen LogP contribution in [0, 0.1) is 4.78 Å². The number of nitrogens with one attached hydrogen (secondary N) is 1. The van der Waals surface area contributed by atoms with E-state index in [2.05, 4.69) is 0 Å². The van der Waals surface area contributed by atoms with Gasteiger partial charge in [-0.15, -0.1) is 0 Å². The van der Waals surface area contributed by atoms with Crippen LogP contribution in [0.15, 0.2) is 29.2 Å². The summed E-state index contributed by atoms with van der Waals surface area (Å²) in [6, 6.07) is 4.41. The molecule has 84 valence electrons. The zero-order chi connectivity index (χ0) is 11.7. The summed E-state index contributed by atoms with van der Waals surface area (Å²) in [4.78, 5) is -0.573. The predicted octanol–water partition coefficient (Wildman–Crippen LogP) is 2.62. The van der Waals surface area contributed by atoms with Crippen LogP contribution in [0.25, 0.3) is 0 Å². The van der Waals surface area contributed by atoms with Crippen molar-refractivity contribution in [2.24, 2.45) is 0 Å². The fraction of sp³-hybridized carbons (Fsp3) is 0.250. The molecule has 0 aliphatic carbocycles. The zero-order valence-electron chi connectivity index (χ0n) is 7.67. The molecule has 0 saturated heterocycles. The minimum atomic E-state index is -5.05. The van der Waals surface area contributed by atoms with Crippen molar-refractivity contribution in [1.29, 1.82) is 4.78 Å². The monoisotopic (exact) mass is 239 g/mol. The Bertz CT molecular complexity index is 436. The van der Waals surface area contributed by atoms with Crippen LogP contribution < -0.4 is 4.74 Å². The molecule has 0 aromatic heterocycles. The molecular weight excluding hydrogens is 231 g/mol. The fourth-order valence-corrected chi connectivity index (χ4v) is 1.69. The maximum atomic E-state index is 12.2. The Hall–Kier alpha value is -1.24. The Morgan fingerprint density at radius 2 is 1.73 bits per heavy atom. The summed E-state index contributed by atoms with van der Waals surface area (Å²) >= 11 is 0. The second-order valence-electron chi connectivity index (χ2n) is 2.68. The van der Waals surface area contributed by atoms with Gasteiger partial charge in [0.2, 0.25) is 0 Å². The van der Waals surface area contributed by atoms with E-state index in [9.17, 15) is 17.4 Å². The Balaban J connectivity index is 3.18. The van der Waals surface area contributed by atoms with Gasteiger partial charge in [-0.1, -0.05) is 0 Å². The molecule has 0 saturated carbocycles. The number of methoxy groups -OCH3 is 1. The van der Waals surface area contributed by atoms with E-state index in [0.717, 1.165) is 12.1 Å². The molecule has 1 unspecified atom stereocenters. The van der Waals surface area contributed by atoms with Crippen LogP contribution in [0.4, 0.5) is 13.2 Å². The van der Waals surface area contributed by atoms with Crippen molar-refractivity contribution in [2.75, 3.05) is 7.11 Å². The Kier molecular flexibility index (Phi) is 2.94. The molecule has 3 nitrogen and oxygen atoms in total. The van der Waals surface area contributed by atoms with Crippen molar-refractivity contribution in [3.63, 3.8) is 0 Å². The lowest BCUT2D eigenvalue weighted by atomic mass is 10.3. The van der Waals surface area contributed by atoms with Crippen molar-refractivity contribution < 1.29 is 22.1 Å². The number of hydrogen-bond acceptors (Lipinski definition) is 3. The van der Waals surface area contributed by atoms with Crippen LogP contribution in [0.1, 0.15) is 0 Å². The van der Waals surface area contributed by atoms with Crippen molar-refractivity contribution in [3.05, 3.63) is 24.3 Å². The first-order valence-electron chi connectivity index (χ1n) is 3.78. The first-order valence-corrected chi connectivity index (χ1v) is 5.34. The quantitative estimate of drug-likeness (QED) is 0.862. The smallest absolute Gasteiger partial charge is 0.483 e. The summed E-state index contributed by atoms with van der Waals surface area (Å²) < 4.78 is 59.3. The van der Waals surface area contributed by atoms with Crippen molar-refractivity contribution >= 4 is 9.73 Å². The maximum Gasteiger partial charge on any atom is 0.483 e. The van der Waals surface area contributed by atoms with E-state index in [1.165, 1.54) is 19.2 Å². The summed E-state index contributed by atoms with van der Waals surface area (Å²) in [5.74, 6) is 0.344. The molecule has 0 fully saturated rings. The summed E-state index contributed by atoms with van der Waals surface area (Å²) in [5, 5.41) is 0. The van der Waals surface area contributed by atoms with Crippen molar-refractivity contribution in [2.45, 2.75) is 10.4 Å². The van der Waals surface area contributed by atoms with Gasteiger partial charge in [-0.2, -0.15) is 13.2 Å². The number of alkyl halides is 3. The molecule has 1 aromatic carbocycles. The number of hydrogen-bond donors (Lipinski definition) is 1. The maximum absolute atomic E-state index is 12.2. The van der Waals surface area contributed by atoms with Crippen molar-refractivity contribution in [1.82, 2.24) is 0 Å². The molecule has 7 heteroatoms.